The lowest BCUT2D eigenvalue weighted by Gasteiger charge is -2.59. The summed E-state index contributed by atoms with van der Waals surface area (Å²) >= 11 is 0. The van der Waals surface area contributed by atoms with E-state index in [0.717, 1.165) is 29.9 Å². The number of carbonyl (C=O) groups excluding carboxylic acids is 1. The maximum absolute atomic E-state index is 12.9. The summed E-state index contributed by atoms with van der Waals surface area (Å²) in [7, 11) is 0. The van der Waals surface area contributed by atoms with Crippen molar-refractivity contribution >= 4 is 5.91 Å². The van der Waals surface area contributed by atoms with Gasteiger partial charge in [-0.2, -0.15) is 0 Å². The van der Waals surface area contributed by atoms with E-state index in [9.17, 15) is 4.79 Å². The molecule has 1 aliphatic heterocycles. The van der Waals surface area contributed by atoms with E-state index >= 15 is 0 Å². The number of amides is 1. The molecule has 4 aliphatic carbocycles. The molecule has 1 saturated heterocycles. The molecule has 1 N–H and O–H groups in total. The Morgan fingerprint density at radius 3 is 2.15 bits per heavy atom. The second-order valence-corrected chi connectivity index (χ2v) is 10.2. The summed E-state index contributed by atoms with van der Waals surface area (Å²) in [5.74, 6) is 2.91. The van der Waals surface area contributed by atoms with E-state index in [1.54, 1.807) is 0 Å². The zero-order valence-electron chi connectivity index (χ0n) is 16.8. The highest BCUT2D eigenvalue weighted by Gasteiger charge is 2.53. The zero-order valence-corrected chi connectivity index (χ0v) is 16.8. The molecule has 0 radical (unpaired) electrons. The molecule has 0 spiro atoms. The minimum Gasteiger partial charge on any atom is -0.349 e. The average molecular weight is 367 g/mol. The second-order valence-electron chi connectivity index (χ2n) is 10.2. The van der Waals surface area contributed by atoms with Gasteiger partial charge >= 0.3 is 0 Å². The molecule has 6 rings (SSSR count). The van der Waals surface area contributed by atoms with Gasteiger partial charge in [0.2, 0.25) is 0 Å². The van der Waals surface area contributed by atoms with Crippen LogP contribution in [-0.4, -0.2) is 29.9 Å². The number of nitrogens with one attached hydrogen (secondary N) is 1. The first-order valence-electron chi connectivity index (χ1n) is 11.2. The number of rotatable bonds is 5. The zero-order chi connectivity index (χ0) is 18.4. The van der Waals surface area contributed by atoms with Crippen molar-refractivity contribution in [2.75, 3.05) is 13.1 Å². The SMILES string of the molecule is C[C@H](NC(=O)c1ccc(CN2CCCC2)cc1)C12CC3CC(CC(C3)C1)C2. The fraction of sp³-hybridized carbons (Fsp3) is 0.708. The molecule has 0 unspecified atom stereocenters. The molecule has 1 atom stereocenters. The summed E-state index contributed by atoms with van der Waals surface area (Å²) in [4.78, 5) is 15.4. The van der Waals surface area contributed by atoms with Gasteiger partial charge in [0.05, 0.1) is 0 Å². The smallest absolute Gasteiger partial charge is 0.251 e. The van der Waals surface area contributed by atoms with Gasteiger partial charge in [0.15, 0.2) is 0 Å². The normalized spacial score (nSPS) is 36.1. The molecule has 1 aromatic rings. The highest BCUT2D eigenvalue weighted by atomic mass is 16.1. The number of likely N-dealkylation sites (tertiary alicyclic amines) is 1. The molecule has 4 saturated carbocycles. The maximum atomic E-state index is 12.9. The third-order valence-electron chi connectivity index (χ3n) is 8.17. The lowest BCUT2D eigenvalue weighted by atomic mass is 9.48. The van der Waals surface area contributed by atoms with Crippen molar-refractivity contribution in [1.29, 1.82) is 0 Å². The van der Waals surface area contributed by atoms with Crippen LogP contribution >= 0.6 is 0 Å². The minimum absolute atomic E-state index is 0.117. The lowest BCUT2D eigenvalue weighted by molar-refractivity contribution is -0.0688. The Labute approximate surface area is 163 Å². The Morgan fingerprint density at radius 2 is 1.59 bits per heavy atom. The summed E-state index contributed by atoms with van der Waals surface area (Å²) in [6, 6.07) is 8.62. The van der Waals surface area contributed by atoms with Crippen LogP contribution in [0.5, 0.6) is 0 Å². The molecule has 1 heterocycles. The molecule has 3 heteroatoms. The predicted molar refractivity (Wildman–Crippen MR) is 108 cm³/mol. The summed E-state index contributed by atoms with van der Waals surface area (Å²) in [5, 5.41) is 3.40. The third-order valence-corrected chi connectivity index (χ3v) is 8.17. The number of carbonyl (C=O) groups is 1. The number of benzene rings is 1. The van der Waals surface area contributed by atoms with E-state index < -0.39 is 0 Å². The van der Waals surface area contributed by atoms with Crippen molar-refractivity contribution in [1.82, 2.24) is 10.2 Å². The van der Waals surface area contributed by atoms with Crippen LogP contribution in [0, 0.1) is 23.2 Å². The Bertz CT molecular complexity index is 654. The minimum atomic E-state index is 0.117. The van der Waals surface area contributed by atoms with Gasteiger partial charge in [0.1, 0.15) is 0 Å². The van der Waals surface area contributed by atoms with Crippen molar-refractivity contribution in [2.24, 2.45) is 23.2 Å². The number of hydrogen-bond donors (Lipinski definition) is 1. The van der Waals surface area contributed by atoms with Crippen LogP contribution in [-0.2, 0) is 6.54 Å². The van der Waals surface area contributed by atoms with Crippen molar-refractivity contribution in [3.8, 4) is 0 Å². The summed E-state index contributed by atoms with van der Waals surface area (Å²) in [6.07, 6.45) is 11.0. The van der Waals surface area contributed by atoms with Crippen molar-refractivity contribution in [3.05, 3.63) is 35.4 Å². The molecule has 3 nitrogen and oxygen atoms in total. The molecular weight excluding hydrogens is 332 g/mol. The van der Waals surface area contributed by atoms with Crippen LogP contribution in [0.1, 0.15) is 74.2 Å². The number of hydrogen-bond acceptors (Lipinski definition) is 2. The molecule has 27 heavy (non-hydrogen) atoms. The molecule has 5 aliphatic rings. The fourth-order valence-corrected chi connectivity index (χ4v) is 7.10. The van der Waals surface area contributed by atoms with Gasteiger partial charge in [0.25, 0.3) is 5.91 Å². The Kier molecular flexibility index (Phi) is 4.54. The lowest BCUT2D eigenvalue weighted by Crippen LogP contribution is -2.55. The highest BCUT2D eigenvalue weighted by molar-refractivity contribution is 5.94. The van der Waals surface area contributed by atoms with Gasteiger partial charge in [0, 0.05) is 18.2 Å². The number of nitrogens with zero attached hydrogens (tertiary/aromatic N) is 1. The summed E-state index contributed by atoms with van der Waals surface area (Å²) < 4.78 is 0. The van der Waals surface area contributed by atoms with Crippen molar-refractivity contribution in [2.45, 2.75) is 70.9 Å². The fourth-order valence-electron chi connectivity index (χ4n) is 7.10. The third kappa shape index (κ3) is 3.44. The van der Waals surface area contributed by atoms with Crippen LogP contribution < -0.4 is 5.32 Å². The van der Waals surface area contributed by atoms with Gasteiger partial charge in [-0.25, -0.2) is 0 Å². The van der Waals surface area contributed by atoms with Crippen LogP contribution in [0.15, 0.2) is 24.3 Å². The average Bonchev–Trinajstić information content (AvgIpc) is 3.14. The predicted octanol–water partition coefficient (Wildman–Crippen LogP) is 4.62. The van der Waals surface area contributed by atoms with E-state index in [1.807, 2.05) is 12.1 Å². The molecule has 0 aromatic heterocycles. The molecule has 4 bridgehead atoms. The monoisotopic (exact) mass is 366 g/mol. The Hall–Kier alpha value is -1.35. The summed E-state index contributed by atoms with van der Waals surface area (Å²) in [5.41, 5.74) is 2.51. The standard InChI is InChI=1S/C24H34N2O/c1-17(24-13-19-10-20(14-24)12-21(11-19)15-24)25-23(27)22-6-4-18(5-7-22)16-26-8-2-3-9-26/h4-7,17,19-21H,2-3,8-16H2,1H3,(H,25,27)/t17-,19?,20?,21?,24?/m0/s1. The quantitative estimate of drug-likeness (QED) is 0.825. The maximum Gasteiger partial charge on any atom is 0.251 e. The topological polar surface area (TPSA) is 32.3 Å². The molecule has 5 fully saturated rings. The summed E-state index contributed by atoms with van der Waals surface area (Å²) in [6.45, 7) is 5.72. The van der Waals surface area contributed by atoms with Crippen molar-refractivity contribution < 1.29 is 4.79 Å². The largest absolute Gasteiger partial charge is 0.349 e. The van der Waals surface area contributed by atoms with Gasteiger partial charge in [-0.1, -0.05) is 12.1 Å². The first-order chi connectivity index (χ1) is 13.1. The van der Waals surface area contributed by atoms with Crippen molar-refractivity contribution in [3.63, 3.8) is 0 Å². The Morgan fingerprint density at radius 1 is 1.04 bits per heavy atom. The van der Waals surface area contributed by atoms with E-state index in [2.05, 4.69) is 29.3 Å². The van der Waals surface area contributed by atoms with E-state index in [0.29, 0.717) is 11.5 Å². The molecular formula is C24H34N2O. The first kappa shape index (κ1) is 17.7. The van der Waals surface area contributed by atoms with Gasteiger partial charge in [-0.15, -0.1) is 0 Å². The van der Waals surface area contributed by atoms with Gasteiger partial charge in [-0.05, 0) is 112 Å². The molecule has 146 valence electrons. The molecule has 1 amide bonds. The van der Waals surface area contributed by atoms with Crippen LogP contribution in [0.4, 0.5) is 0 Å². The molecule has 1 aromatic carbocycles. The van der Waals surface area contributed by atoms with E-state index in [1.165, 1.54) is 70.0 Å². The van der Waals surface area contributed by atoms with E-state index in [4.69, 9.17) is 0 Å². The van der Waals surface area contributed by atoms with Gasteiger partial charge in [-0.3, -0.25) is 9.69 Å². The second kappa shape index (κ2) is 6.92. The van der Waals surface area contributed by atoms with Crippen LogP contribution in [0.25, 0.3) is 0 Å². The first-order valence-corrected chi connectivity index (χ1v) is 11.2. The Balaban J connectivity index is 1.22. The van der Waals surface area contributed by atoms with E-state index in [-0.39, 0.29) is 5.91 Å². The van der Waals surface area contributed by atoms with Crippen LogP contribution in [0.3, 0.4) is 0 Å². The van der Waals surface area contributed by atoms with Crippen LogP contribution in [0.2, 0.25) is 0 Å². The highest BCUT2D eigenvalue weighted by Crippen LogP contribution is 2.61. The van der Waals surface area contributed by atoms with Gasteiger partial charge < -0.3 is 5.32 Å².